The smallest absolute Gasteiger partial charge is 0.243 e. The lowest BCUT2D eigenvalue weighted by molar-refractivity contribution is -0.122. The van der Waals surface area contributed by atoms with Crippen LogP contribution in [0.1, 0.15) is 29.2 Å². The maximum absolute atomic E-state index is 12.9. The first-order valence-electron chi connectivity index (χ1n) is 10.9. The molecule has 1 aliphatic heterocycles. The molecule has 32 heavy (non-hydrogen) atoms. The first-order valence-corrected chi connectivity index (χ1v) is 12.7. The largest absolute Gasteiger partial charge is 0.379 e. The minimum Gasteiger partial charge on any atom is -0.379 e. The highest BCUT2D eigenvalue weighted by Crippen LogP contribution is 2.24. The monoisotopic (exact) mass is 459 g/mol. The summed E-state index contributed by atoms with van der Waals surface area (Å²) >= 11 is 0. The molecule has 1 N–H and O–H groups in total. The number of carbonyl (C=O) groups excluding carboxylic acids is 1. The molecule has 0 aromatic heterocycles. The number of aryl methyl sites for hydroxylation is 2. The Morgan fingerprint density at radius 3 is 2.34 bits per heavy atom. The molecule has 0 aliphatic carbocycles. The van der Waals surface area contributed by atoms with Crippen LogP contribution in [0.15, 0.2) is 42.5 Å². The lowest BCUT2D eigenvalue weighted by Crippen LogP contribution is -2.47. The molecule has 1 heterocycles. The molecule has 0 saturated carbocycles. The van der Waals surface area contributed by atoms with E-state index in [4.69, 9.17) is 4.74 Å². The topological polar surface area (TPSA) is 79.0 Å². The molecule has 1 amide bonds. The number of ether oxygens (including phenoxy) is 1. The van der Waals surface area contributed by atoms with Crippen LogP contribution in [-0.4, -0.2) is 57.8 Å². The lowest BCUT2D eigenvalue weighted by Gasteiger charge is -2.29. The average Bonchev–Trinajstić information content (AvgIpc) is 2.71. The van der Waals surface area contributed by atoms with Gasteiger partial charge in [0, 0.05) is 26.2 Å². The second-order valence-corrected chi connectivity index (χ2v) is 10.4. The van der Waals surface area contributed by atoms with Gasteiger partial charge in [0.25, 0.3) is 0 Å². The third kappa shape index (κ3) is 6.54. The summed E-state index contributed by atoms with van der Waals surface area (Å²) in [5.74, 6) is -0.340. The van der Waals surface area contributed by atoms with Crippen molar-refractivity contribution in [2.75, 3.05) is 36.9 Å². The van der Waals surface area contributed by atoms with Gasteiger partial charge in [0.2, 0.25) is 15.9 Å². The standard InChI is InChI=1S/C24H33N3O4S/c1-18-12-19(2)14-23(13-18)27(32(4,29)30)20(3)24(28)25-16-21-6-5-7-22(15-21)17-26-8-10-31-11-9-26/h5-7,12-15,20H,8-11,16-17H2,1-4H3,(H,25,28)/t20-/m0/s1. The van der Waals surface area contributed by atoms with E-state index in [-0.39, 0.29) is 5.91 Å². The summed E-state index contributed by atoms with van der Waals surface area (Å²) in [7, 11) is -3.65. The normalized spacial score (nSPS) is 15.9. The van der Waals surface area contributed by atoms with Crippen LogP contribution in [0, 0.1) is 13.8 Å². The van der Waals surface area contributed by atoms with E-state index in [9.17, 15) is 13.2 Å². The zero-order valence-electron chi connectivity index (χ0n) is 19.3. The number of hydrogen-bond acceptors (Lipinski definition) is 5. The summed E-state index contributed by atoms with van der Waals surface area (Å²) in [6.07, 6.45) is 1.13. The summed E-state index contributed by atoms with van der Waals surface area (Å²) in [5.41, 5.74) is 4.55. The molecule has 3 rings (SSSR count). The summed E-state index contributed by atoms with van der Waals surface area (Å²) in [6, 6.07) is 12.8. The van der Waals surface area contributed by atoms with E-state index in [1.165, 1.54) is 9.87 Å². The van der Waals surface area contributed by atoms with Gasteiger partial charge in [-0.2, -0.15) is 0 Å². The van der Waals surface area contributed by atoms with Crippen molar-refractivity contribution in [3.8, 4) is 0 Å². The molecule has 1 fully saturated rings. The Kier molecular flexibility index (Phi) is 7.92. The van der Waals surface area contributed by atoms with Crippen molar-refractivity contribution in [1.29, 1.82) is 0 Å². The number of benzene rings is 2. The van der Waals surface area contributed by atoms with Crippen LogP contribution in [0.4, 0.5) is 5.69 Å². The van der Waals surface area contributed by atoms with Crippen LogP contribution in [0.3, 0.4) is 0 Å². The van der Waals surface area contributed by atoms with Crippen LogP contribution < -0.4 is 9.62 Å². The molecule has 0 spiro atoms. The van der Waals surface area contributed by atoms with Crippen LogP contribution in [0.2, 0.25) is 0 Å². The van der Waals surface area contributed by atoms with E-state index in [1.54, 1.807) is 19.1 Å². The van der Waals surface area contributed by atoms with Crippen LogP contribution >= 0.6 is 0 Å². The number of hydrogen-bond donors (Lipinski definition) is 1. The Morgan fingerprint density at radius 2 is 1.72 bits per heavy atom. The second-order valence-electron chi connectivity index (χ2n) is 8.51. The zero-order valence-corrected chi connectivity index (χ0v) is 20.1. The van der Waals surface area contributed by atoms with Crippen LogP contribution in [0.25, 0.3) is 0 Å². The van der Waals surface area contributed by atoms with Crippen LogP contribution in [0.5, 0.6) is 0 Å². The van der Waals surface area contributed by atoms with Gasteiger partial charge in [-0.15, -0.1) is 0 Å². The van der Waals surface area contributed by atoms with E-state index in [1.807, 2.05) is 32.0 Å². The second kappa shape index (κ2) is 10.5. The number of nitrogens with zero attached hydrogens (tertiary/aromatic N) is 2. The third-order valence-corrected chi connectivity index (χ3v) is 6.76. The van der Waals surface area contributed by atoms with Crippen molar-refractivity contribution >= 4 is 21.6 Å². The quantitative estimate of drug-likeness (QED) is 0.657. The first-order chi connectivity index (χ1) is 15.1. The molecule has 2 aromatic rings. The van der Waals surface area contributed by atoms with Gasteiger partial charge in [0.15, 0.2) is 0 Å². The molecular formula is C24H33N3O4S. The molecule has 0 bridgehead atoms. The number of morpholine rings is 1. The summed E-state index contributed by atoms with van der Waals surface area (Å²) in [6.45, 7) is 9.95. The fourth-order valence-electron chi connectivity index (χ4n) is 4.08. The molecule has 0 unspecified atom stereocenters. The molecule has 1 atom stereocenters. The maximum atomic E-state index is 12.9. The Labute approximate surface area is 191 Å². The van der Waals surface area contributed by atoms with Crippen molar-refractivity contribution in [3.05, 3.63) is 64.7 Å². The van der Waals surface area contributed by atoms with Gasteiger partial charge in [-0.1, -0.05) is 30.3 Å². The highest BCUT2D eigenvalue weighted by Gasteiger charge is 2.29. The first kappa shape index (κ1) is 24.2. The number of nitrogens with one attached hydrogen (secondary N) is 1. The Morgan fingerprint density at radius 1 is 1.09 bits per heavy atom. The molecule has 1 aliphatic rings. The number of amides is 1. The summed E-state index contributed by atoms with van der Waals surface area (Å²) in [5, 5.41) is 2.90. The van der Waals surface area contributed by atoms with Gasteiger partial charge in [0.1, 0.15) is 6.04 Å². The minimum absolute atomic E-state index is 0.338. The molecule has 2 aromatic carbocycles. The van der Waals surface area contributed by atoms with E-state index in [0.717, 1.165) is 55.8 Å². The number of rotatable bonds is 8. The average molecular weight is 460 g/mol. The minimum atomic E-state index is -3.65. The molecule has 8 heteroatoms. The Bertz CT molecular complexity index is 1030. The fraction of sp³-hybridized carbons (Fsp3) is 0.458. The summed E-state index contributed by atoms with van der Waals surface area (Å²) < 4.78 is 31.7. The number of sulfonamides is 1. The van der Waals surface area contributed by atoms with E-state index in [0.29, 0.717) is 12.2 Å². The molecule has 0 radical (unpaired) electrons. The van der Waals surface area contributed by atoms with Gasteiger partial charge in [0.05, 0.1) is 25.2 Å². The maximum Gasteiger partial charge on any atom is 0.243 e. The van der Waals surface area contributed by atoms with Crippen LogP contribution in [-0.2, 0) is 32.6 Å². The molecular weight excluding hydrogens is 426 g/mol. The SMILES string of the molecule is Cc1cc(C)cc(N([C@@H](C)C(=O)NCc2cccc(CN3CCOCC3)c2)S(C)(=O)=O)c1. The van der Waals surface area contributed by atoms with Gasteiger partial charge >= 0.3 is 0 Å². The third-order valence-electron chi connectivity index (χ3n) is 5.52. The molecule has 1 saturated heterocycles. The van der Waals surface area contributed by atoms with Gasteiger partial charge in [-0.3, -0.25) is 14.0 Å². The van der Waals surface area contributed by atoms with E-state index in [2.05, 4.69) is 22.3 Å². The number of anilines is 1. The number of carbonyl (C=O) groups is 1. The van der Waals surface area contributed by atoms with Crippen molar-refractivity contribution in [1.82, 2.24) is 10.2 Å². The molecule has 174 valence electrons. The van der Waals surface area contributed by atoms with Crippen molar-refractivity contribution in [2.24, 2.45) is 0 Å². The Balaban J connectivity index is 1.68. The van der Waals surface area contributed by atoms with Crippen molar-refractivity contribution in [3.63, 3.8) is 0 Å². The molecule has 7 nitrogen and oxygen atoms in total. The predicted molar refractivity (Wildman–Crippen MR) is 127 cm³/mol. The Hall–Kier alpha value is -2.42. The van der Waals surface area contributed by atoms with E-state index >= 15 is 0 Å². The zero-order chi connectivity index (χ0) is 23.3. The lowest BCUT2D eigenvalue weighted by atomic mass is 10.1. The van der Waals surface area contributed by atoms with E-state index < -0.39 is 16.1 Å². The highest BCUT2D eigenvalue weighted by atomic mass is 32.2. The highest BCUT2D eigenvalue weighted by molar-refractivity contribution is 7.92. The summed E-state index contributed by atoms with van der Waals surface area (Å²) in [4.78, 5) is 15.3. The fourth-order valence-corrected chi connectivity index (χ4v) is 5.24. The van der Waals surface area contributed by atoms with Gasteiger partial charge < -0.3 is 10.1 Å². The van der Waals surface area contributed by atoms with Crippen molar-refractivity contribution < 1.29 is 17.9 Å². The predicted octanol–water partition coefficient (Wildman–Crippen LogP) is 2.61. The van der Waals surface area contributed by atoms with Gasteiger partial charge in [-0.05, 0) is 55.2 Å². The van der Waals surface area contributed by atoms with Gasteiger partial charge in [-0.25, -0.2) is 8.42 Å². The van der Waals surface area contributed by atoms with Crippen molar-refractivity contribution in [2.45, 2.75) is 39.9 Å².